The van der Waals surface area contributed by atoms with Gasteiger partial charge in [-0.3, -0.25) is 0 Å². The van der Waals surface area contributed by atoms with Crippen molar-refractivity contribution in [1.82, 2.24) is 20.4 Å². The highest BCUT2D eigenvalue weighted by Gasteiger charge is 2.41. The maximum Gasteiger partial charge on any atom is 0.491 e. The van der Waals surface area contributed by atoms with Crippen LogP contribution in [0.25, 0.3) is 11.1 Å². The topological polar surface area (TPSA) is 105 Å². The molecule has 6 aromatic carbocycles. The molecule has 8 nitrogen and oxygen atoms in total. The number of hydrogen-bond acceptors (Lipinski definition) is 4. The Morgan fingerprint density at radius 2 is 1.00 bits per heavy atom. The Balaban J connectivity index is 0.000000192. The Morgan fingerprint density at radius 1 is 0.600 bits per heavy atom. The first-order chi connectivity index (χ1) is 33.4. The number of nitrogens with one attached hydrogen (secondary N) is 2. The van der Waals surface area contributed by atoms with E-state index in [4.69, 9.17) is 10.0 Å². The number of benzene rings is 6. The van der Waals surface area contributed by atoms with E-state index in [1.165, 1.54) is 36.4 Å². The number of amides is 4. The van der Waals surface area contributed by atoms with Crippen molar-refractivity contribution in [3.05, 3.63) is 220 Å². The summed E-state index contributed by atoms with van der Waals surface area (Å²) in [6.07, 6.45) is 6.07. The standard InChI is InChI=1S/C27H25F3N2O.C21H22BrFN2O.C6H5BF2O2/c1-3-14-27(21-8-10-22(28)11-9-21)15-16-32(26(33)31-27)18(2)19-4-6-20(7-5-19)24-13-12-23(29)17-25(24)30;1-3-12-21(17-6-10-19(23)11-7-17)13-14-25(20(26)24-21)15(2)16-4-8-18(22)9-5-16;8-4-1-2-5(7(10)11)6(9)3-4/h3-13,17-18H,1,14-16H2,2H3,(H,31,33);3-11,15H,1,12-14H2,2H3,(H,24,26);1-3,10-11H/t18-,27-;15-,21-;/m00./s1. The molecule has 4 amide bonds. The number of halogens is 7. The molecule has 8 rings (SSSR count). The fraction of sp³-hybridized carbons (Fsp3) is 0.222. The summed E-state index contributed by atoms with van der Waals surface area (Å²) in [4.78, 5) is 29.6. The van der Waals surface area contributed by atoms with Crippen LogP contribution >= 0.6 is 15.9 Å². The van der Waals surface area contributed by atoms with Gasteiger partial charge in [0.25, 0.3) is 0 Å². The Hall–Kier alpha value is -6.62. The van der Waals surface area contributed by atoms with Gasteiger partial charge >= 0.3 is 19.2 Å². The van der Waals surface area contributed by atoms with Crippen molar-refractivity contribution in [2.24, 2.45) is 0 Å². The van der Waals surface area contributed by atoms with Gasteiger partial charge in [-0.25, -0.2) is 35.9 Å². The molecule has 364 valence electrons. The SMILES string of the molecule is C=CC[C@@]1(c2ccc(F)cc2)CCN([C@@H](C)c2ccc(-c3ccc(F)cc3F)cc2)C(=O)N1.C=CC[C@@]1(c2ccc(F)cc2)CCN([C@@H](C)c2ccc(Br)cc2)C(=O)N1.OB(O)c1ccc(F)cc1F. The van der Waals surface area contributed by atoms with Gasteiger partial charge in [-0.2, -0.15) is 0 Å². The summed E-state index contributed by atoms with van der Waals surface area (Å²) < 4.78 is 79.8. The average Bonchev–Trinajstić information content (AvgIpc) is 3.32. The van der Waals surface area contributed by atoms with Crippen LogP contribution in [-0.4, -0.2) is 52.1 Å². The van der Waals surface area contributed by atoms with Crippen LogP contribution < -0.4 is 16.1 Å². The molecule has 6 aromatic rings. The minimum atomic E-state index is -1.89. The smallest absolute Gasteiger partial charge is 0.423 e. The third-order valence-corrected chi connectivity index (χ3v) is 13.2. The van der Waals surface area contributed by atoms with E-state index in [9.17, 15) is 35.9 Å². The second kappa shape index (κ2) is 23.3. The molecular formula is C54H52BBrF6N4O4. The van der Waals surface area contributed by atoms with E-state index in [-0.39, 0.29) is 41.2 Å². The van der Waals surface area contributed by atoms with Crippen LogP contribution in [0.3, 0.4) is 0 Å². The maximum absolute atomic E-state index is 14.1. The van der Waals surface area contributed by atoms with Crippen molar-refractivity contribution in [3.8, 4) is 11.1 Å². The molecular weight excluding hydrogens is 973 g/mol. The molecule has 0 bridgehead atoms. The fourth-order valence-electron chi connectivity index (χ4n) is 8.73. The second-order valence-corrected chi connectivity index (χ2v) is 18.0. The first kappa shape index (κ1) is 52.8. The van der Waals surface area contributed by atoms with Gasteiger partial charge in [0, 0.05) is 40.7 Å². The van der Waals surface area contributed by atoms with Gasteiger partial charge in [0.05, 0.1) is 23.2 Å². The van der Waals surface area contributed by atoms with Crippen molar-refractivity contribution in [2.45, 2.75) is 62.7 Å². The molecule has 70 heavy (non-hydrogen) atoms. The van der Waals surface area contributed by atoms with Crippen molar-refractivity contribution >= 4 is 40.6 Å². The van der Waals surface area contributed by atoms with E-state index in [1.807, 2.05) is 55.1 Å². The van der Waals surface area contributed by atoms with Crippen LogP contribution in [0.5, 0.6) is 0 Å². The average molecular weight is 1030 g/mol. The molecule has 2 heterocycles. The van der Waals surface area contributed by atoms with Crippen LogP contribution in [0.15, 0.2) is 163 Å². The van der Waals surface area contributed by atoms with Crippen molar-refractivity contribution in [2.75, 3.05) is 13.1 Å². The summed E-state index contributed by atoms with van der Waals surface area (Å²) in [7, 11) is -1.89. The largest absolute Gasteiger partial charge is 0.491 e. The van der Waals surface area contributed by atoms with Gasteiger partial charge in [-0.1, -0.05) is 94.8 Å². The number of carbonyl (C=O) groups is 2. The number of hydrogen-bond donors (Lipinski definition) is 4. The first-order valence-electron chi connectivity index (χ1n) is 22.4. The Morgan fingerprint density at radius 3 is 1.39 bits per heavy atom. The number of rotatable bonds is 12. The molecule has 0 saturated carbocycles. The van der Waals surface area contributed by atoms with E-state index in [0.29, 0.717) is 49.5 Å². The monoisotopic (exact) mass is 1020 g/mol. The summed E-state index contributed by atoms with van der Waals surface area (Å²) in [5, 5.41) is 23.3. The second-order valence-electron chi connectivity index (χ2n) is 17.1. The number of urea groups is 2. The minimum absolute atomic E-state index is 0.0296. The third kappa shape index (κ3) is 12.6. The molecule has 0 unspecified atom stereocenters. The Bertz CT molecular complexity index is 2770. The minimum Gasteiger partial charge on any atom is -0.423 e. The van der Waals surface area contributed by atoms with Crippen LogP contribution in [-0.2, 0) is 11.1 Å². The van der Waals surface area contributed by atoms with Crippen LogP contribution in [0.4, 0.5) is 35.9 Å². The van der Waals surface area contributed by atoms with Gasteiger partial charge < -0.3 is 30.5 Å². The van der Waals surface area contributed by atoms with Gasteiger partial charge in [-0.05, 0) is 122 Å². The molecule has 2 saturated heterocycles. The van der Waals surface area contributed by atoms with Gasteiger partial charge in [0.2, 0.25) is 0 Å². The van der Waals surface area contributed by atoms with E-state index >= 15 is 0 Å². The highest BCUT2D eigenvalue weighted by atomic mass is 79.9. The zero-order valence-electron chi connectivity index (χ0n) is 38.5. The summed E-state index contributed by atoms with van der Waals surface area (Å²) in [6.45, 7) is 12.8. The summed E-state index contributed by atoms with van der Waals surface area (Å²) >= 11 is 3.44. The van der Waals surface area contributed by atoms with Gasteiger partial charge in [-0.15, -0.1) is 13.2 Å². The highest BCUT2D eigenvalue weighted by Crippen LogP contribution is 2.38. The highest BCUT2D eigenvalue weighted by molar-refractivity contribution is 9.10. The number of carbonyl (C=O) groups excluding carboxylic acids is 2. The third-order valence-electron chi connectivity index (χ3n) is 12.7. The molecule has 16 heteroatoms. The molecule has 0 aromatic heterocycles. The van der Waals surface area contributed by atoms with E-state index in [2.05, 4.69) is 39.7 Å². The van der Waals surface area contributed by atoms with E-state index < -0.39 is 41.5 Å². The Labute approximate surface area is 412 Å². The lowest BCUT2D eigenvalue weighted by molar-refractivity contribution is 0.125. The lowest BCUT2D eigenvalue weighted by Gasteiger charge is -2.44. The van der Waals surface area contributed by atoms with Gasteiger partial charge in [0.1, 0.15) is 34.9 Å². The molecule has 4 N–H and O–H groups in total. The summed E-state index contributed by atoms with van der Waals surface area (Å²) in [5.74, 6) is -3.55. The fourth-order valence-corrected chi connectivity index (χ4v) is 8.99. The zero-order chi connectivity index (χ0) is 50.8. The summed E-state index contributed by atoms with van der Waals surface area (Å²) in [6, 6.07) is 33.2. The van der Waals surface area contributed by atoms with Crippen molar-refractivity contribution < 1.29 is 46.0 Å². The van der Waals surface area contributed by atoms with Crippen LogP contribution in [0.2, 0.25) is 0 Å². The number of nitrogens with zero attached hydrogens (tertiary/aromatic N) is 2. The first-order valence-corrected chi connectivity index (χ1v) is 23.2. The Kier molecular flexibility index (Phi) is 17.6. The molecule has 0 radical (unpaired) electrons. The maximum atomic E-state index is 14.1. The van der Waals surface area contributed by atoms with Crippen LogP contribution in [0.1, 0.15) is 73.9 Å². The predicted octanol–water partition coefficient (Wildman–Crippen LogP) is 11.9. The quantitative estimate of drug-likeness (QED) is 0.0557. The predicted molar refractivity (Wildman–Crippen MR) is 264 cm³/mol. The van der Waals surface area contributed by atoms with E-state index in [0.717, 1.165) is 51.3 Å². The lowest BCUT2D eigenvalue weighted by atomic mass is 9.80. The molecule has 0 spiro atoms. The molecule has 2 aliphatic rings. The summed E-state index contributed by atoms with van der Waals surface area (Å²) in [5.41, 5.74) is 3.18. The molecule has 2 aliphatic heterocycles. The van der Waals surface area contributed by atoms with Crippen molar-refractivity contribution in [1.29, 1.82) is 0 Å². The normalized spacial score (nSPS) is 18.4. The van der Waals surface area contributed by atoms with Crippen LogP contribution in [0, 0.1) is 34.9 Å². The lowest BCUT2D eigenvalue weighted by Crippen LogP contribution is -2.58. The zero-order valence-corrected chi connectivity index (χ0v) is 40.1. The van der Waals surface area contributed by atoms with E-state index in [1.54, 1.807) is 53.5 Å². The molecule has 2 fully saturated rings. The molecule has 4 atom stereocenters. The molecule has 0 aliphatic carbocycles. The van der Waals surface area contributed by atoms with Gasteiger partial charge in [0.15, 0.2) is 0 Å². The van der Waals surface area contributed by atoms with Crippen molar-refractivity contribution in [3.63, 3.8) is 0 Å².